The highest BCUT2D eigenvalue weighted by Gasteiger charge is 2.20. The number of rotatable bonds is 4. The average molecular weight is 371 g/mol. The number of aryl methyl sites for hydroxylation is 1. The predicted octanol–water partition coefficient (Wildman–Crippen LogP) is 2.72. The van der Waals surface area contributed by atoms with Gasteiger partial charge in [-0.2, -0.15) is 0 Å². The Balaban J connectivity index is 2.42. The van der Waals surface area contributed by atoms with Gasteiger partial charge in [0.25, 0.3) is 0 Å². The van der Waals surface area contributed by atoms with Crippen LogP contribution in [0.15, 0.2) is 39.7 Å². The van der Waals surface area contributed by atoms with Gasteiger partial charge in [0.15, 0.2) is 9.84 Å². The van der Waals surface area contributed by atoms with E-state index in [1.165, 1.54) is 13.2 Å². The quantitative estimate of drug-likeness (QED) is 0.836. The zero-order valence-electron chi connectivity index (χ0n) is 11.6. The topological polar surface area (TPSA) is 82.3 Å². The van der Waals surface area contributed by atoms with Crippen LogP contribution in [-0.4, -0.2) is 20.5 Å². The lowest BCUT2D eigenvalue weighted by molar-refractivity contribution is 0.413. The summed E-state index contributed by atoms with van der Waals surface area (Å²) < 4.78 is 30.8. The molecular weight excluding hydrogens is 356 g/mol. The fourth-order valence-corrected chi connectivity index (χ4v) is 3.88. The molecule has 21 heavy (non-hydrogen) atoms. The molecular formula is C14H15BrN2O3S. The highest BCUT2D eigenvalue weighted by molar-refractivity contribution is 9.10. The maximum atomic E-state index is 12.5. The number of methoxy groups -OCH3 is 1. The number of nitrogens with zero attached hydrogens (tertiary/aromatic N) is 1. The second kappa shape index (κ2) is 6.03. The highest BCUT2D eigenvalue weighted by Crippen LogP contribution is 2.26. The van der Waals surface area contributed by atoms with Gasteiger partial charge < -0.3 is 10.5 Å². The molecule has 2 N–H and O–H groups in total. The molecule has 0 spiro atoms. The molecule has 1 aromatic carbocycles. The zero-order chi connectivity index (χ0) is 15.6. The maximum absolute atomic E-state index is 12.5. The summed E-state index contributed by atoms with van der Waals surface area (Å²) in [6.07, 6.45) is 0. The first-order valence-electron chi connectivity index (χ1n) is 6.11. The summed E-state index contributed by atoms with van der Waals surface area (Å²) in [5.41, 5.74) is 7.11. The maximum Gasteiger partial charge on any atom is 0.186 e. The third-order valence-corrected chi connectivity index (χ3v) is 5.06. The molecule has 0 aliphatic carbocycles. The van der Waals surface area contributed by atoms with Gasteiger partial charge in [-0.15, -0.1) is 0 Å². The summed E-state index contributed by atoms with van der Waals surface area (Å²) in [5, 5.41) is 0. The van der Waals surface area contributed by atoms with E-state index in [9.17, 15) is 8.42 Å². The van der Waals surface area contributed by atoms with Crippen molar-refractivity contribution in [2.24, 2.45) is 0 Å². The normalized spacial score (nSPS) is 11.4. The van der Waals surface area contributed by atoms with Gasteiger partial charge in [0, 0.05) is 22.3 Å². The van der Waals surface area contributed by atoms with Crippen molar-refractivity contribution in [1.29, 1.82) is 0 Å². The summed E-state index contributed by atoms with van der Waals surface area (Å²) in [5.74, 6) is 0.348. The van der Waals surface area contributed by atoms with Crippen LogP contribution in [0.4, 0.5) is 5.69 Å². The van der Waals surface area contributed by atoms with Gasteiger partial charge in [0.1, 0.15) is 5.75 Å². The molecule has 0 unspecified atom stereocenters. The summed E-state index contributed by atoms with van der Waals surface area (Å²) in [4.78, 5) is 4.33. The molecule has 0 aliphatic heterocycles. The number of hydrogen-bond donors (Lipinski definition) is 1. The van der Waals surface area contributed by atoms with E-state index in [4.69, 9.17) is 10.5 Å². The second-order valence-electron chi connectivity index (χ2n) is 4.58. The smallest absolute Gasteiger partial charge is 0.186 e. The van der Waals surface area contributed by atoms with Crippen molar-refractivity contribution in [3.8, 4) is 5.75 Å². The van der Waals surface area contributed by atoms with E-state index >= 15 is 0 Å². The van der Waals surface area contributed by atoms with Crippen LogP contribution in [0.25, 0.3) is 0 Å². The molecule has 0 saturated carbocycles. The van der Waals surface area contributed by atoms with Crippen molar-refractivity contribution < 1.29 is 13.2 Å². The number of ether oxygens (including phenoxy) is 1. The van der Waals surface area contributed by atoms with Crippen molar-refractivity contribution in [3.63, 3.8) is 0 Å². The molecule has 2 rings (SSSR count). The predicted molar refractivity (Wildman–Crippen MR) is 85.0 cm³/mol. The second-order valence-corrected chi connectivity index (χ2v) is 7.45. The molecule has 0 bridgehead atoms. The average Bonchev–Trinajstić information content (AvgIpc) is 2.40. The van der Waals surface area contributed by atoms with E-state index in [0.717, 1.165) is 0 Å². The number of aromatic nitrogens is 1. The number of halogens is 1. The van der Waals surface area contributed by atoms with Crippen molar-refractivity contribution in [1.82, 2.24) is 4.98 Å². The van der Waals surface area contributed by atoms with Gasteiger partial charge in [-0.1, -0.05) is 15.9 Å². The molecule has 1 aromatic heterocycles. The Hall–Kier alpha value is -1.60. The van der Waals surface area contributed by atoms with Crippen molar-refractivity contribution in [3.05, 3.63) is 46.2 Å². The number of benzene rings is 1. The number of sulfone groups is 1. The fraction of sp³-hybridized carbons (Fsp3) is 0.214. The van der Waals surface area contributed by atoms with Crippen LogP contribution in [-0.2, 0) is 15.6 Å². The third-order valence-electron chi connectivity index (χ3n) is 2.86. The third kappa shape index (κ3) is 3.74. The van der Waals surface area contributed by atoms with Gasteiger partial charge in [-0.25, -0.2) is 8.42 Å². The Morgan fingerprint density at radius 1 is 1.29 bits per heavy atom. The van der Waals surface area contributed by atoms with Crippen molar-refractivity contribution in [2.75, 3.05) is 12.8 Å². The summed E-state index contributed by atoms with van der Waals surface area (Å²) >= 11 is 3.25. The lowest BCUT2D eigenvalue weighted by Crippen LogP contribution is -2.09. The Morgan fingerprint density at radius 3 is 2.67 bits per heavy atom. The number of nitrogens with two attached hydrogens (primary N) is 1. The Kier molecular flexibility index (Phi) is 4.53. The molecule has 0 radical (unpaired) electrons. The van der Waals surface area contributed by atoms with E-state index in [-0.39, 0.29) is 16.3 Å². The summed E-state index contributed by atoms with van der Waals surface area (Å²) in [7, 11) is -2.05. The van der Waals surface area contributed by atoms with Gasteiger partial charge in [0.05, 0.1) is 29.1 Å². The molecule has 1 heterocycles. The van der Waals surface area contributed by atoms with E-state index in [1.807, 2.05) is 0 Å². The molecule has 0 amide bonds. The Labute approximate surface area is 132 Å². The largest absolute Gasteiger partial charge is 0.497 e. The number of pyridine rings is 1. The van der Waals surface area contributed by atoms with Crippen LogP contribution in [0.3, 0.4) is 0 Å². The Morgan fingerprint density at radius 2 is 2.00 bits per heavy atom. The minimum atomic E-state index is -3.58. The van der Waals surface area contributed by atoms with Crippen LogP contribution in [0.1, 0.15) is 11.4 Å². The standard InChI is InChI=1S/C14H15BrN2O3S/c1-9-5-12(20-2)7-11(17-9)8-21(18,19)14-6-10(15)3-4-13(14)16/h3-7H,8,16H2,1-2H3. The monoisotopic (exact) mass is 370 g/mol. The van der Waals surface area contributed by atoms with E-state index < -0.39 is 9.84 Å². The minimum Gasteiger partial charge on any atom is -0.497 e. The lowest BCUT2D eigenvalue weighted by atomic mass is 10.3. The molecule has 0 atom stereocenters. The van der Waals surface area contributed by atoms with Gasteiger partial charge in [0.2, 0.25) is 0 Å². The van der Waals surface area contributed by atoms with E-state index in [2.05, 4.69) is 20.9 Å². The number of hydrogen-bond acceptors (Lipinski definition) is 5. The first kappa shape index (κ1) is 15.8. The van der Waals surface area contributed by atoms with Crippen LogP contribution in [0.2, 0.25) is 0 Å². The number of nitrogen functional groups attached to an aromatic ring is 1. The molecule has 0 aliphatic rings. The van der Waals surface area contributed by atoms with Gasteiger partial charge in [-0.05, 0) is 25.1 Å². The molecule has 0 fully saturated rings. The molecule has 0 saturated heterocycles. The first-order valence-corrected chi connectivity index (χ1v) is 8.55. The molecule has 112 valence electrons. The SMILES string of the molecule is COc1cc(C)nc(CS(=O)(=O)c2cc(Br)ccc2N)c1. The molecule has 2 aromatic rings. The zero-order valence-corrected chi connectivity index (χ0v) is 14.0. The van der Waals surface area contributed by atoms with Crippen molar-refractivity contribution in [2.45, 2.75) is 17.6 Å². The van der Waals surface area contributed by atoms with E-state index in [1.54, 1.807) is 31.2 Å². The Bertz CT molecular complexity index is 776. The van der Waals surface area contributed by atoms with E-state index in [0.29, 0.717) is 21.6 Å². The van der Waals surface area contributed by atoms with Crippen LogP contribution in [0, 0.1) is 6.92 Å². The van der Waals surface area contributed by atoms with Crippen LogP contribution < -0.4 is 10.5 Å². The minimum absolute atomic E-state index is 0.0964. The van der Waals surface area contributed by atoms with Crippen LogP contribution in [0.5, 0.6) is 5.75 Å². The first-order chi connectivity index (χ1) is 9.81. The van der Waals surface area contributed by atoms with Crippen molar-refractivity contribution >= 4 is 31.5 Å². The number of anilines is 1. The van der Waals surface area contributed by atoms with Gasteiger partial charge in [-0.3, -0.25) is 4.98 Å². The van der Waals surface area contributed by atoms with Gasteiger partial charge >= 0.3 is 0 Å². The summed E-state index contributed by atoms with van der Waals surface area (Å²) in [6.45, 7) is 1.78. The highest BCUT2D eigenvalue weighted by atomic mass is 79.9. The fourth-order valence-electron chi connectivity index (χ4n) is 1.94. The molecule has 7 heteroatoms. The van der Waals surface area contributed by atoms with Crippen LogP contribution >= 0.6 is 15.9 Å². The lowest BCUT2D eigenvalue weighted by Gasteiger charge is -2.09. The summed E-state index contributed by atoms with van der Waals surface area (Å²) in [6, 6.07) is 8.10. The molecule has 5 nitrogen and oxygen atoms in total.